The predicted molar refractivity (Wildman–Crippen MR) is 70.5 cm³/mol. The minimum atomic E-state index is 0.457. The number of piperidine rings is 3. The first-order valence-electron chi connectivity index (χ1n) is 7.13. The van der Waals surface area contributed by atoms with Gasteiger partial charge >= 0.3 is 0 Å². The summed E-state index contributed by atoms with van der Waals surface area (Å²) in [4.78, 5) is 5.18. The van der Waals surface area contributed by atoms with Gasteiger partial charge in [-0.3, -0.25) is 4.90 Å². The molecule has 1 spiro atoms. The highest BCUT2D eigenvalue weighted by Crippen LogP contribution is 2.44. The van der Waals surface area contributed by atoms with Gasteiger partial charge in [-0.15, -0.1) is 5.10 Å². The molecule has 0 saturated carbocycles. The van der Waals surface area contributed by atoms with Crippen LogP contribution in [0.25, 0.3) is 0 Å². The first-order chi connectivity index (χ1) is 8.86. The van der Waals surface area contributed by atoms with Crippen LogP contribution >= 0.6 is 0 Å². The first kappa shape index (κ1) is 10.7. The van der Waals surface area contributed by atoms with E-state index in [1.54, 1.807) is 6.20 Å². The third kappa shape index (κ3) is 1.55. The standard InChI is InChI=1S/C14H20N4/c1-2-13(16-15-6-1)17-9-5-14(11-17)10-12-3-7-18(14)8-4-12/h1-2,6,12H,3-5,7-11H2. The van der Waals surface area contributed by atoms with Crippen LogP contribution in [-0.2, 0) is 0 Å². The zero-order valence-electron chi connectivity index (χ0n) is 10.8. The first-order valence-corrected chi connectivity index (χ1v) is 7.13. The van der Waals surface area contributed by atoms with E-state index < -0.39 is 0 Å². The van der Waals surface area contributed by atoms with Crippen LogP contribution in [0.1, 0.15) is 25.7 Å². The lowest BCUT2D eigenvalue weighted by Gasteiger charge is -2.52. The molecule has 1 aromatic heterocycles. The third-order valence-corrected chi connectivity index (χ3v) is 5.17. The van der Waals surface area contributed by atoms with Gasteiger partial charge in [0.05, 0.1) is 0 Å². The molecule has 0 N–H and O–H groups in total. The summed E-state index contributed by atoms with van der Waals surface area (Å²) in [6.07, 6.45) is 7.31. The van der Waals surface area contributed by atoms with Crippen LogP contribution < -0.4 is 4.90 Å². The second-order valence-electron chi connectivity index (χ2n) is 6.11. The lowest BCUT2D eigenvalue weighted by molar-refractivity contribution is -0.0157. The van der Waals surface area contributed by atoms with E-state index in [1.165, 1.54) is 38.8 Å². The minimum Gasteiger partial charge on any atom is -0.353 e. The molecular formula is C14H20N4. The van der Waals surface area contributed by atoms with E-state index in [2.05, 4.69) is 26.1 Å². The van der Waals surface area contributed by atoms with Gasteiger partial charge in [-0.2, -0.15) is 5.10 Å². The molecule has 4 fully saturated rings. The second-order valence-corrected chi connectivity index (χ2v) is 6.11. The molecule has 1 aromatic rings. The lowest BCUT2D eigenvalue weighted by Crippen LogP contribution is -2.59. The van der Waals surface area contributed by atoms with Crippen molar-refractivity contribution in [3.63, 3.8) is 0 Å². The highest BCUT2D eigenvalue weighted by molar-refractivity contribution is 5.40. The lowest BCUT2D eigenvalue weighted by atomic mass is 9.74. The van der Waals surface area contributed by atoms with Crippen LogP contribution in [0.3, 0.4) is 0 Å². The molecule has 96 valence electrons. The zero-order valence-corrected chi connectivity index (χ0v) is 10.8. The van der Waals surface area contributed by atoms with Crippen LogP contribution in [0.15, 0.2) is 18.3 Å². The number of rotatable bonds is 1. The van der Waals surface area contributed by atoms with Gasteiger partial charge in [0.2, 0.25) is 0 Å². The quantitative estimate of drug-likeness (QED) is 0.750. The predicted octanol–water partition coefficient (Wildman–Crippen LogP) is 1.54. The van der Waals surface area contributed by atoms with Gasteiger partial charge < -0.3 is 4.90 Å². The Kier molecular flexibility index (Phi) is 2.34. The molecule has 1 atom stereocenters. The monoisotopic (exact) mass is 244 g/mol. The summed E-state index contributed by atoms with van der Waals surface area (Å²) in [6.45, 7) is 4.93. The maximum Gasteiger partial charge on any atom is 0.151 e. The fourth-order valence-corrected chi connectivity index (χ4v) is 4.22. The minimum absolute atomic E-state index is 0.457. The average Bonchev–Trinajstić information content (AvgIpc) is 2.85. The summed E-state index contributed by atoms with van der Waals surface area (Å²) in [5.41, 5.74) is 0.457. The van der Waals surface area contributed by atoms with E-state index in [0.717, 1.165) is 24.8 Å². The topological polar surface area (TPSA) is 32.3 Å². The summed E-state index contributed by atoms with van der Waals surface area (Å²) in [6, 6.07) is 4.07. The Morgan fingerprint density at radius 1 is 1.22 bits per heavy atom. The molecule has 0 amide bonds. The molecule has 4 saturated heterocycles. The molecule has 4 heteroatoms. The molecule has 4 aliphatic heterocycles. The van der Waals surface area contributed by atoms with E-state index in [0.29, 0.717) is 5.54 Å². The van der Waals surface area contributed by atoms with Gasteiger partial charge in [0, 0.05) is 24.8 Å². The highest BCUT2D eigenvalue weighted by atomic mass is 15.3. The Morgan fingerprint density at radius 2 is 2.11 bits per heavy atom. The molecule has 18 heavy (non-hydrogen) atoms. The van der Waals surface area contributed by atoms with Crippen LogP contribution in [0.4, 0.5) is 5.82 Å². The van der Waals surface area contributed by atoms with Crippen molar-refractivity contribution < 1.29 is 0 Å². The van der Waals surface area contributed by atoms with Crippen molar-refractivity contribution in [2.75, 3.05) is 31.1 Å². The number of hydrogen-bond acceptors (Lipinski definition) is 4. The van der Waals surface area contributed by atoms with E-state index in [-0.39, 0.29) is 0 Å². The van der Waals surface area contributed by atoms with Crippen molar-refractivity contribution in [2.45, 2.75) is 31.2 Å². The fourth-order valence-electron chi connectivity index (χ4n) is 4.22. The van der Waals surface area contributed by atoms with Gasteiger partial charge in [-0.25, -0.2) is 0 Å². The molecule has 4 nitrogen and oxygen atoms in total. The molecule has 4 aliphatic rings. The van der Waals surface area contributed by atoms with Crippen molar-refractivity contribution in [2.24, 2.45) is 5.92 Å². The second kappa shape index (κ2) is 3.92. The van der Waals surface area contributed by atoms with E-state index in [9.17, 15) is 0 Å². The molecule has 5 rings (SSSR count). The average molecular weight is 244 g/mol. The number of fused-ring (bicyclic) bond motifs is 2. The van der Waals surface area contributed by atoms with Gasteiger partial charge in [-0.05, 0) is 56.8 Å². The van der Waals surface area contributed by atoms with Gasteiger partial charge in [0.15, 0.2) is 5.82 Å². The van der Waals surface area contributed by atoms with E-state index in [4.69, 9.17) is 0 Å². The molecule has 0 aliphatic carbocycles. The fraction of sp³-hybridized carbons (Fsp3) is 0.714. The number of anilines is 1. The molecule has 5 heterocycles. The van der Waals surface area contributed by atoms with E-state index >= 15 is 0 Å². The molecular weight excluding hydrogens is 224 g/mol. The van der Waals surface area contributed by atoms with Crippen molar-refractivity contribution >= 4 is 5.82 Å². The number of nitrogens with zero attached hydrogens (tertiary/aromatic N) is 4. The maximum absolute atomic E-state index is 4.26. The molecule has 2 bridgehead atoms. The van der Waals surface area contributed by atoms with Crippen molar-refractivity contribution in [1.29, 1.82) is 0 Å². The van der Waals surface area contributed by atoms with Crippen molar-refractivity contribution in [1.82, 2.24) is 15.1 Å². The van der Waals surface area contributed by atoms with Crippen LogP contribution in [0.5, 0.6) is 0 Å². The zero-order chi connectivity index (χ0) is 12.0. The van der Waals surface area contributed by atoms with Crippen molar-refractivity contribution in [3.05, 3.63) is 18.3 Å². The van der Waals surface area contributed by atoms with Crippen molar-refractivity contribution in [3.8, 4) is 0 Å². The van der Waals surface area contributed by atoms with Gasteiger partial charge in [0.25, 0.3) is 0 Å². The van der Waals surface area contributed by atoms with Gasteiger partial charge in [0.1, 0.15) is 0 Å². The largest absolute Gasteiger partial charge is 0.353 e. The highest BCUT2D eigenvalue weighted by Gasteiger charge is 2.49. The molecule has 1 unspecified atom stereocenters. The Bertz CT molecular complexity index is 427. The van der Waals surface area contributed by atoms with E-state index in [1.807, 2.05) is 6.07 Å². The summed E-state index contributed by atoms with van der Waals surface area (Å²) < 4.78 is 0. The maximum atomic E-state index is 4.26. The Morgan fingerprint density at radius 3 is 2.78 bits per heavy atom. The normalized spacial score (nSPS) is 38.6. The Balaban J connectivity index is 1.57. The van der Waals surface area contributed by atoms with Crippen LogP contribution in [-0.4, -0.2) is 46.8 Å². The van der Waals surface area contributed by atoms with Crippen LogP contribution in [0, 0.1) is 5.92 Å². The summed E-state index contributed by atoms with van der Waals surface area (Å²) in [7, 11) is 0. The summed E-state index contributed by atoms with van der Waals surface area (Å²) in [5.74, 6) is 2.04. The third-order valence-electron chi connectivity index (χ3n) is 5.17. The number of aromatic nitrogens is 2. The summed E-state index contributed by atoms with van der Waals surface area (Å²) >= 11 is 0. The SMILES string of the molecule is c1cnnc(N2CCC3(CC4CCN3CC4)C2)c1. The number of hydrogen-bond donors (Lipinski definition) is 0. The Labute approximate surface area is 108 Å². The Hall–Kier alpha value is -1.16. The van der Waals surface area contributed by atoms with Gasteiger partial charge in [-0.1, -0.05) is 0 Å². The smallest absolute Gasteiger partial charge is 0.151 e. The van der Waals surface area contributed by atoms with Crippen LogP contribution in [0.2, 0.25) is 0 Å². The summed E-state index contributed by atoms with van der Waals surface area (Å²) in [5, 5.41) is 8.26. The molecule has 0 radical (unpaired) electrons. The molecule has 0 aromatic carbocycles.